The molecule has 17 heavy (non-hydrogen) atoms. The van der Waals surface area contributed by atoms with Crippen molar-refractivity contribution in [1.82, 2.24) is 5.32 Å². The smallest absolute Gasteiger partial charge is 0.163 e. The third-order valence-corrected chi connectivity index (χ3v) is 3.06. The molecule has 0 aliphatic rings. The summed E-state index contributed by atoms with van der Waals surface area (Å²) in [6, 6.07) is 3.19. The van der Waals surface area contributed by atoms with E-state index in [1.165, 1.54) is 0 Å². The van der Waals surface area contributed by atoms with Crippen molar-refractivity contribution in [2.45, 2.75) is 39.7 Å². The molecule has 0 saturated heterocycles. The highest BCUT2D eigenvalue weighted by molar-refractivity contribution is 5.27. The molecule has 1 aromatic carbocycles. The first kappa shape index (κ1) is 14.1. The molecule has 0 heterocycles. The first-order valence-corrected chi connectivity index (χ1v) is 6.09. The minimum Gasteiger partial charge on any atom is -0.313 e. The van der Waals surface area contributed by atoms with E-state index < -0.39 is 11.6 Å². The number of benzene rings is 1. The summed E-state index contributed by atoms with van der Waals surface area (Å²) < 4.78 is 27.3. The van der Waals surface area contributed by atoms with Crippen LogP contribution in [0.4, 0.5) is 8.78 Å². The molecule has 0 aliphatic heterocycles. The molecular formula is C14H21F2N. The Morgan fingerprint density at radius 1 is 1.12 bits per heavy atom. The molecule has 1 unspecified atom stereocenters. The lowest BCUT2D eigenvalue weighted by Crippen LogP contribution is -2.19. The molecule has 96 valence electrons. The summed E-state index contributed by atoms with van der Waals surface area (Å²) in [6.07, 6.45) is 1.80. The molecule has 0 amide bonds. The maximum atomic E-state index is 13.8. The normalized spacial score (nSPS) is 13.1. The molecule has 1 nitrogen and oxygen atoms in total. The summed E-state index contributed by atoms with van der Waals surface area (Å²) >= 11 is 0. The SMILES string of the molecule is CNC(CCC(C)C)c1ccc(C)c(F)c1F. The second-order valence-electron chi connectivity index (χ2n) is 4.91. The predicted molar refractivity (Wildman–Crippen MR) is 67.0 cm³/mol. The van der Waals surface area contributed by atoms with Crippen LogP contribution in [0.1, 0.15) is 43.9 Å². The van der Waals surface area contributed by atoms with Gasteiger partial charge in [-0.3, -0.25) is 0 Å². The highest BCUT2D eigenvalue weighted by Gasteiger charge is 2.18. The molecule has 1 atom stereocenters. The second kappa shape index (κ2) is 6.10. The van der Waals surface area contributed by atoms with Gasteiger partial charge in [0.1, 0.15) is 0 Å². The van der Waals surface area contributed by atoms with Crippen LogP contribution in [0.3, 0.4) is 0 Å². The topological polar surface area (TPSA) is 12.0 Å². The van der Waals surface area contributed by atoms with Crippen LogP contribution in [0.25, 0.3) is 0 Å². The largest absolute Gasteiger partial charge is 0.313 e. The van der Waals surface area contributed by atoms with Gasteiger partial charge in [0.2, 0.25) is 0 Å². The minimum absolute atomic E-state index is 0.118. The number of aryl methyl sites for hydroxylation is 1. The van der Waals surface area contributed by atoms with Gasteiger partial charge < -0.3 is 5.32 Å². The maximum Gasteiger partial charge on any atom is 0.163 e. The zero-order valence-electron chi connectivity index (χ0n) is 11.0. The zero-order chi connectivity index (χ0) is 13.0. The molecule has 0 radical (unpaired) electrons. The van der Waals surface area contributed by atoms with Crippen molar-refractivity contribution in [3.05, 3.63) is 34.9 Å². The summed E-state index contributed by atoms with van der Waals surface area (Å²) in [5.74, 6) is -0.885. The summed E-state index contributed by atoms with van der Waals surface area (Å²) in [5.41, 5.74) is 0.779. The van der Waals surface area contributed by atoms with E-state index in [0.29, 0.717) is 17.0 Å². The van der Waals surface area contributed by atoms with Crippen molar-refractivity contribution in [1.29, 1.82) is 0 Å². The van der Waals surface area contributed by atoms with Crippen LogP contribution in [-0.2, 0) is 0 Å². The van der Waals surface area contributed by atoms with E-state index in [1.807, 2.05) is 0 Å². The van der Waals surface area contributed by atoms with Crippen LogP contribution in [0, 0.1) is 24.5 Å². The molecule has 0 saturated carbocycles. The predicted octanol–water partition coefficient (Wildman–Crippen LogP) is 3.97. The van der Waals surface area contributed by atoms with Gasteiger partial charge in [0.05, 0.1) is 0 Å². The number of hydrogen-bond acceptors (Lipinski definition) is 1. The fourth-order valence-electron chi connectivity index (χ4n) is 1.89. The lowest BCUT2D eigenvalue weighted by atomic mass is 9.96. The van der Waals surface area contributed by atoms with Gasteiger partial charge in [0, 0.05) is 11.6 Å². The first-order valence-electron chi connectivity index (χ1n) is 6.09. The van der Waals surface area contributed by atoms with Crippen LogP contribution in [0.5, 0.6) is 0 Å². The fourth-order valence-corrected chi connectivity index (χ4v) is 1.89. The van der Waals surface area contributed by atoms with E-state index in [1.54, 1.807) is 26.1 Å². The van der Waals surface area contributed by atoms with Gasteiger partial charge in [-0.05, 0) is 38.3 Å². The summed E-state index contributed by atoms with van der Waals surface area (Å²) in [4.78, 5) is 0. The molecule has 0 aliphatic carbocycles. The van der Waals surface area contributed by atoms with Crippen molar-refractivity contribution in [2.75, 3.05) is 7.05 Å². The van der Waals surface area contributed by atoms with Crippen LogP contribution in [0.15, 0.2) is 12.1 Å². The number of hydrogen-bond donors (Lipinski definition) is 1. The van der Waals surface area contributed by atoms with E-state index in [9.17, 15) is 8.78 Å². The van der Waals surface area contributed by atoms with Crippen LogP contribution in [0.2, 0.25) is 0 Å². The van der Waals surface area contributed by atoms with Crippen molar-refractivity contribution in [3.63, 3.8) is 0 Å². The highest BCUT2D eigenvalue weighted by atomic mass is 19.2. The molecular weight excluding hydrogens is 220 g/mol. The molecule has 1 aromatic rings. The summed E-state index contributed by atoms with van der Waals surface area (Å²) in [7, 11) is 1.78. The Morgan fingerprint density at radius 2 is 1.76 bits per heavy atom. The van der Waals surface area contributed by atoms with E-state index in [0.717, 1.165) is 12.8 Å². The Hall–Kier alpha value is -0.960. The number of nitrogens with one attached hydrogen (secondary N) is 1. The standard InChI is InChI=1S/C14H21F2N/c1-9(2)5-8-12(17-4)11-7-6-10(3)13(15)14(11)16/h6-7,9,12,17H,5,8H2,1-4H3. The third-order valence-electron chi connectivity index (χ3n) is 3.06. The molecule has 0 bridgehead atoms. The third kappa shape index (κ3) is 3.50. The van der Waals surface area contributed by atoms with Crippen LogP contribution < -0.4 is 5.32 Å². The Morgan fingerprint density at radius 3 is 2.29 bits per heavy atom. The highest BCUT2D eigenvalue weighted by Crippen LogP contribution is 2.25. The van der Waals surface area contributed by atoms with Crippen molar-refractivity contribution >= 4 is 0 Å². The van der Waals surface area contributed by atoms with Crippen molar-refractivity contribution in [3.8, 4) is 0 Å². The zero-order valence-corrected chi connectivity index (χ0v) is 11.0. The molecule has 0 fully saturated rings. The van der Waals surface area contributed by atoms with E-state index in [2.05, 4.69) is 19.2 Å². The van der Waals surface area contributed by atoms with Gasteiger partial charge in [-0.25, -0.2) is 8.78 Å². The van der Waals surface area contributed by atoms with E-state index in [4.69, 9.17) is 0 Å². The average Bonchev–Trinajstić information content (AvgIpc) is 2.29. The molecule has 0 aromatic heterocycles. The van der Waals surface area contributed by atoms with Crippen LogP contribution >= 0.6 is 0 Å². The Balaban J connectivity index is 2.92. The summed E-state index contributed by atoms with van der Waals surface area (Å²) in [5, 5.41) is 3.05. The Kier molecular flexibility index (Phi) is 5.06. The molecule has 0 spiro atoms. The molecule has 3 heteroatoms. The second-order valence-corrected chi connectivity index (χ2v) is 4.91. The quantitative estimate of drug-likeness (QED) is 0.822. The van der Waals surface area contributed by atoms with Crippen molar-refractivity contribution in [2.24, 2.45) is 5.92 Å². The van der Waals surface area contributed by atoms with Gasteiger partial charge in [0.15, 0.2) is 11.6 Å². The van der Waals surface area contributed by atoms with E-state index >= 15 is 0 Å². The monoisotopic (exact) mass is 241 g/mol. The molecule has 1 rings (SSSR count). The van der Waals surface area contributed by atoms with Gasteiger partial charge >= 0.3 is 0 Å². The Bertz CT molecular complexity index is 375. The van der Waals surface area contributed by atoms with Crippen molar-refractivity contribution < 1.29 is 8.78 Å². The van der Waals surface area contributed by atoms with Gasteiger partial charge in [-0.2, -0.15) is 0 Å². The maximum absolute atomic E-state index is 13.8. The number of rotatable bonds is 5. The Labute approximate surface area is 102 Å². The lowest BCUT2D eigenvalue weighted by molar-refractivity contribution is 0.431. The van der Waals surface area contributed by atoms with Gasteiger partial charge in [0.25, 0.3) is 0 Å². The molecule has 1 N–H and O–H groups in total. The fraction of sp³-hybridized carbons (Fsp3) is 0.571. The number of halogens is 2. The minimum atomic E-state index is -0.729. The summed E-state index contributed by atoms with van der Waals surface area (Å²) in [6.45, 7) is 5.82. The van der Waals surface area contributed by atoms with Gasteiger partial charge in [-0.15, -0.1) is 0 Å². The van der Waals surface area contributed by atoms with Gasteiger partial charge in [-0.1, -0.05) is 26.0 Å². The lowest BCUT2D eigenvalue weighted by Gasteiger charge is -2.19. The van der Waals surface area contributed by atoms with E-state index in [-0.39, 0.29) is 6.04 Å². The average molecular weight is 241 g/mol. The first-order chi connectivity index (χ1) is 7.97. The van der Waals surface area contributed by atoms with Crippen LogP contribution in [-0.4, -0.2) is 7.05 Å².